The minimum absolute atomic E-state index is 0.322. The van der Waals surface area contributed by atoms with Gasteiger partial charge < -0.3 is 10.2 Å². The second-order valence-corrected chi connectivity index (χ2v) is 3.00. The summed E-state index contributed by atoms with van der Waals surface area (Å²) in [5.74, 6) is 0.644. The van der Waals surface area contributed by atoms with Crippen LogP contribution in [0.1, 0.15) is 0 Å². The van der Waals surface area contributed by atoms with E-state index >= 15 is 0 Å². The highest BCUT2D eigenvalue weighted by molar-refractivity contribution is 5.19. The van der Waals surface area contributed by atoms with Crippen molar-refractivity contribution in [2.45, 2.75) is 0 Å². The highest BCUT2D eigenvalue weighted by atomic mass is 16.3. The van der Waals surface area contributed by atoms with E-state index < -0.39 is 0 Å². The van der Waals surface area contributed by atoms with Crippen molar-refractivity contribution in [2.75, 3.05) is 0 Å². The first-order chi connectivity index (χ1) is 8.70. The van der Waals surface area contributed by atoms with Crippen molar-refractivity contribution >= 4 is 0 Å². The number of nitriles is 1. The van der Waals surface area contributed by atoms with Crippen LogP contribution in [-0.2, 0) is 0 Å². The highest BCUT2D eigenvalue weighted by Crippen LogP contribution is 2.03. The average Bonchev–Trinajstić information content (AvgIpc) is 2.41. The number of allylic oxidation sites excluding steroid dienone is 1. The third-order valence-corrected chi connectivity index (χ3v) is 1.60. The topological polar surface area (TPSA) is 64.2 Å². The zero-order valence-corrected chi connectivity index (χ0v) is 9.90. The van der Waals surface area contributed by atoms with E-state index in [1.165, 1.54) is 6.08 Å². The van der Waals surface area contributed by atoms with E-state index in [1.54, 1.807) is 54.6 Å². The number of aromatic hydroxyl groups is 2. The van der Waals surface area contributed by atoms with Crippen LogP contribution in [0.3, 0.4) is 0 Å². The summed E-state index contributed by atoms with van der Waals surface area (Å²) < 4.78 is 0. The molecule has 0 amide bonds. The quantitative estimate of drug-likeness (QED) is 0.694. The number of hydrogen-bond donors (Lipinski definition) is 2. The molecule has 0 aromatic heterocycles. The van der Waals surface area contributed by atoms with E-state index in [0.717, 1.165) is 0 Å². The molecule has 0 saturated heterocycles. The zero-order chi connectivity index (χ0) is 13.6. The number of para-hydroxylation sites is 2. The molecule has 92 valence electrons. The zero-order valence-electron chi connectivity index (χ0n) is 9.90. The fourth-order valence-electron chi connectivity index (χ4n) is 0.856. The van der Waals surface area contributed by atoms with Crippen LogP contribution in [0, 0.1) is 11.3 Å². The molecule has 3 nitrogen and oxygen atoms in total. The molecule has 0 aliphatic carbocycles. The Bertz CT molecular complexity index is 423. The van der Waals surface area contributed by atoms with Gasteiger partial charge in [-0.3, -0.25) is 0 Å². The van der Waals surface area contributed by atoms with Gasteiger partial charge in [0.1, 0.15) is 11.5 Å². The monoisotopic (exact) mass is 241 g/mol. The van der Waals surface area contributed by atoms with Crippen LogP contribution in [0.5, 0.6) is 11.5 Å². The fraction of sp³-hybridized carbons (Fsp3) is 0. The van der Waals surface area contributed by atoms with E-state index in [9.17, 15) is 0 Å². The van der Waals surface area contributed by atoms with E-state index in [1.807, 2.05) is 12.1 Å². The van der Waals surface area contributed by atoms with Crippen molar-refractivity contribution < 1.29 is 10.2 Å². The fourth-order valence-corrected chi connectivity index (χ4v) is 0.856. The molecule has 0 aliphatic rings. The number of hydrogen-bond acceptors (Lipinski definition) is 3. The number of benzene rings is 2. The molecule has 0 spiro atoms. The lowest BCUT2D eigenvalue weighted by molar-refractivity contribution is 0.475. The van der Waals surface area contributed by atoms with Crippen LogP contribution in [-0.4, -0.2) is 10.2 Å². The van der Waals surface area contributed by atoms with E-state index in [4.69, 9.17) is 15.5 Å². The van der Waals surface area contributed by atoms with Crippen LogP contribution >= 0.6 is 0 Å². The lowest BCUT2D eigenvalue weighted by Crippen LogP contribution is -1.56. The van der Waals surface area contributed by atoms with Gasteiger partial charge in [-0.05, 0) is 24.3 Å². The molecule has 2 aromatic rings. The minimum atomic E-state index is 0.322. The first-order valence-corrected chi connectivity index (χ1v) is 5.19. The largest absolute Gasteiger partial charge is 0.508 e. The van der Waals surface area contributed by atoms with Gasteiger partial charge in [-0.25, -0.2) is 0 Å². The Kier molecular flexibility index (Phi) is 9.14. The van der Waals surface area contributed by atoms with Crippen LogP contribution in [0.15, 0.2) is 73.3 Å². The number of nitrogens with zero attached hydrogens (tertiary/aromatic N) is 1. The van der Waals surface area contributed by atoms with Gasteiger partial charge in [-0.1, -0.05) is 43.0 Å². The Morgan fingerprint density at radius 1 is 0.833 bits per heavy atom. The molecule has 0 bridgehead atoms. The first kappa shape index (κ1) is 15.3. The lowest BCUT2D eigenvalue weighted by Gasteiger charge is -1.82. The summed E-state index contributed by atoms with van der Waals surface area (Å²) >= 11 is 0. The summed E-state index contributed by atoms with van der Waals surface area (Å²) in [7, 11) is 0. The van der Waals surface area contributed by atoms with Crippen LogP contribution < -0.4 is 0 Å². The third kappa shape index (κ3) is 9.81. The maximum atomic E-state index is 8.63. The highest BCUT2D eigenvalue weighted by Gasteiger charge is 1.75. The van der Waals surface area contributed by atoms with Gasteiger partial charge in [0.15, 0.2) is 0 Å². The van der Waals surface area contributed by atoms with Gasteiger partial charge in [-0.2, -0.15) is 5.26 Å². The molecule has 2 rings (SSSR count). The normalized spacial score (nSPS) is 7.50. The Hall–Kier alpha value is -2.73. The summed E-state index contributed by atoms with van der Waals surface area (Å²) in [5.41, 5.74) is 0. The van der Waals surface area contributed by atoms with Gasteiger partial charge in [0.25, 0.3) is 0 Å². The molecule has 0 unspecified atom stereocenters. The number of rotatable bonds is 0. The van der Waals surface area contributed by atoms with Gasteiger partial charge in [0, 0.05) is 6.08 Å². The summed E-state index contributed by atoms with van der Waals surface area (Å²) in [6, 6.07) is 19.1. The number of phenols is 2. The van der Waals surface area contributed by atoms with Crippen molar-refractivity contribution in [3.05, 3.63) is 73.3 Å². The number of phenolic OH excluding ortho intramolecular Hbond substituents is 2. The van der Waals surface area contributed by atoms with E-state index in [2.05, 4.69) is 6.58 Å². The van der Waals surface area contributed by atoms with Crippen molar-refractivity contribution in [3.8, 4) is 17.6 Å². The third-order valence-electron chi connectivity index (χ3n) is 1.60. The molecule has 3 heteroatoms. The molecule has 0 aliphatic heterocycles. The van der Waals surface area contributed by atoms with Gasteiger partial charge in [0.05, 0.1) is 6.07 Å². The first-order valence-electron chi connectivity index (χ1n) is 5.19. The Balaban J connectivity index is 0.000000253. The van der Waals surface area contributed by atoms with Crippen molar-refractivity contribution in [2.24, 2.45) is 0 Å². The molecule has 0 radical (unpaired) electrons. The van der Waals surface area contributed by atoms with Crippen LogP contribution in [0.25, 0.3) is 0 Å². The van der Waals surface area contributed by atoms with Crippen LogP contribution in [0.2, 0.25) is 0 Å². The van der Waals surface area contributed by atoms with Gasteiger partial charge in [0.2, 0.25) is 0 Å². The van der Waals surface area contributed by atoms with Crippen LogP contribution in [0.4, 0.5) is 0 Å². The molecule has 0 saturated carbocycles. The van der Waals surface area contributed by atoms with E-state index in [0.29, 0.717) is 11.5 Å². The second kappa shape index (κ2) is 10.8. The van der Waals surface area contributed by atoms with Crippen molar-refractivity contribution in [3.63, 3.8) is 0 Å². The Morgan fingerprint density at radius 2 is 1.11 bits per heavy atom. The van der Waals surface area contributed by atoms with Crippen molar-refractivity contribution in [1.29, 1.82) is 5.26 Å². The molecule has 18 heavy (non-hydrogen) atoms. The smallest absolute Gasteiger partial charge is 0.115 e. The van der Waals surface area contributed by atoms with Crippen molar-refractivity contribution in [1.82, 2.24) is 0 Å². The summed E-state index contributed by atoms with van der Waals surface area (Å²) in [6.07, 6.45) is 1.18. The second-order valence-electron chi connectivity index (χ2n) is 3.00. The molecule has 0 atom stereocenters. The maximum absolute atomic E-state index is 8.63. The minimum Gasteiger partial charge on any atom is -0.508 e. The Labute approximate surface area is 107 Å². The summed E-state index contributed by atoms with van der Waals surface area (Å²) in [5, 5.41) is 24.8. The standard InChI is InChI=1S/2C6H6O.C3H3N/c2*7-6-4-2-1-3-5-6;1-2-3-4/h2*1-5,7H;2H,1H2. The molecule has 0 fully saturated rings. The maximum Gasteiger partial charge on any atom is 0.115 e. The molecular formula is C15H15NO2. The lowest BCUT2D eigenvalue weighted by atomic mass is 10.3. The molecular weight excluding hydrogens is 226 g/mol. The van der Waals surface area contributed by atoms with Gasteiger partial charge >= 0.3 is 0 Å². The SMILES string of the molecule is C=CC#N.Oc1ccccc1.Oc1ccccc1. The predicted octanol–water partition coefficient (Wildman–Crippen LogP) is 3.48. The molecule has 2 aromatic carbocycles. The van der Waals surface area contributed by atoms with Gasteiger partial charge in [-0.15, -0.1) is 0 Å². The Morgan fingerprint density at radius 3 is 1.22 bits per heavy atom. The summed E-state index contributed by atoms with van der Waals surface area (Å²) in [4.78, 5) is 0. The van der Waals surface area contributed by atoms with E-state index in [-0.39, 0.29) is 0 Å². The molecule has 2 N–H and O–H groups in total. The summed E-state index contributed by atoms with van der Waals surface area (Å²) in [6.45, 7) is 3.12. The predicted molar refractivity (Wildman–Crippen MR) is 72.0 cm³/mol. The average molecular weight is 241 g/mol. The molecule has 0 heterocycles.